The van der Waals surface area contributed by atoms with E-state index in [4.69, 9.17) is 5.21 Å². The number of carbonyl (C=O) groups is 2. The van der Waals surface area contributed by atoms with Crippen molar-refractivity contribution in [1.29, 1.82) is 0 Å². The van der Waals surface area contributed by atoms with Crippen LogP contribution in [0.15, 0.2) is 54.7 Å². The van der Waals surface area contributed by atoms with E-state index in [2.05, 4.69) is 10.3 Å². The van der Waals surface area contributed by atoms with Gasteiger partial charge in [0.15, 0.2) is 0 Å². The van der Waals surface area contributed by atoms with E-state index >= 15 is 0 Å². The van der Waals surface area contributed by atoms with Gasteiger partial charge in [0, 0.05) is 41.4 Å². The summed E-state index contributed by atoms with van der Waals surface area (Å²) in [4.78, 5) is 28.7. The number of hydrogen-bond acceptors (Lipinski definition) is 3. The molecule has 0 bridgehead atoms. The lowest BCUT2D eigenvalue weighted by molar-refractivity contribution is -0.137. The van der Waals surface area contributed by atoms with Gasteiger partial charge < -0.3 is 10.3 Å². The topological polar surface area (TPSA) is 97.5 Å². The molecule has 3 aromatic rings. The molecule has 0 unspecified atom stereocenters. The van der Waals surface area contributed by atoms with Crippen molar-refractivity contribution >= 4 is 34.2 Å². The van der Waals surface area contributed by atoms with Crippen LogP contribution in [-0.2, 0) is 11.0 Å². The summed E-state index contributed by atoms with van der Waals surface area (Å²) in [6.45, 7) is 0.340. The number of unbranched alkanes of at least 4 members (excludes halogenated alkanes) is 3. The summed E-state index contributed by atoms with van der Waals surface area (Å²) >= 11 is 0. The molecule has 0 saturated heterocycles. The molecule has 10 heteroatoms. The van der Waals surface area contributed by atoms with Gasteiger partial charge in [-0.15, -0.1) is 0 Å². The average molecular weight is 462 g/mol. The molecular weight excluding hydrogens is 437 g/mol. The maximum atomic E-state index is 13.0. The fourth-order valence-corrected chi connectivity index (χ4v) is 3.49. The van der Waals surface area contributed by atoms with Gasteiger partial charge in [-0.25, -0.2) is 10.3 Å². The monoisotopic (exact) mass is 462 g/mol. The molecule has 0 fully saturated rings. The molecule has 1 heterocycles. The number of hydroxylamine groups is 1. The van der Waals surface area contributed by atoms with Crippen molar-refractivity contribution in [3.05, 3.63) is 60.3 Å². The number of aromatic nitrogens is 1. The van der Waals surface area contributed by atoms with E-state index in [1.807, 2.05) is 18.2 Å². The van der Waals surface area contributed by atoms with Crippen molar-refractivity contribution in [2.45, 2.75) is 38.3 Å². The summed E-state index contributed by atoms with van der Waals surface area (Å²) in [6.07, 6.45) is 0.170. The third-order valence-electron chi connectivity index (χ3n) is 5.20. The number of hydrogen-bond donors (Lipinski definition) is 4. The number of alkyl halides is 3. The van der Waals surface area contributed by atoms with Crippen LogP contribution in [0.3, 0.4) is 0 Å². The third-order valence-corrected chi connectivity index (χ3v) is 5.20. The molecule has 3 amide bonds. The third kappa shape index (κ3) is 6.72. The van der Waals surface area contributed by atoms with Gasteiger partial charge >= 0.3 is 12.2 Å². The second-order valence-corrected chi connectivity index (χ2v) is 7.61. The highest BCUT2D eigenvalue weighted by Gasteiger charge is 2.30. The predicted molar refractivity (Wildman–Crippen MR) is 119 cm³/mol. The molecule has 4 N–H and O–H groups in total. The Morgan fingerprint density at radius 3 is 2.55 bits per heavy atom. The minimum Gasteiger partial charge on any atom is -0.361 e. The Morgan fingerprint density at radius 2 is 1.79 bits per heavy atom. The standard InChI is InChI=1S/C23H25F3N4O3/c24-23(25,26)17-6-5-7-18(15-17)28-22(32)30(13-4-2-1-3-8-21(31)29-33)19-9-10-20-16(14-19)11-12-27-20/h5-7,9-12,14-15,27,33H,1-4,8,13H2,(H,28,32)(H,29,31). The van der Waals surface area contributed by atoms with Gasteiger partial charge in [-0.05, 0) is 55.3 Å². The zero-order valence-electron chi connectivity index (χ0n) is 17.8. The molecule has 0 aliphatic carbocycles. The summed E-state index contributed by atoms with van der Waals surface area (Å²) < 4.78 is 39.1. The predicted octanol–water partition coefficient (Wildman–Crippen LogP) is 5.68. The second-order valence-electron chi connectivity index (χ2n) is 7.61. The lowest BCUT2D eigenvalue weighted by Gasteiger charge is -2.24. The largest absolute Gasteiger partial charge is 0.416 e. The fourth-order valence-electron chi connectivity index (χ4n) is 3.49. The number of urea groups is 1. The molecule has 3 rings (SSSR count). The van der Waals surface area contributed by atoms with E-state index < -0.39 is 23.7 Å². The Hall–Kier alpha value is -3.53. The van der Waals surface area contributed by atoms with Crippen molar-refractivity contribution in [3.8, 4) is 0 Å². The normalized spacial score (nSPS) is 11.4. The van der Waals surface area contributed by atoms with Crippen LogP contribution in [0.25, 0.3) is 10.9 Å². The van der Waals surface area contributed by atoms with Crippen LogP contribution in [0.1, 0.15) is 37.7 Å². The van der Waals surface area contributed by atoms with E-state index in [0.29, 0.717) is 25.1 Å². The van der Waals surface area contributed by atoms with Crippen molar-refractivity contribution < 1.29 is 28.0 Å². The second kappa shape index (κ2) is 10.9. The van der Waals surface area contributed by atoms with Crippen LogP contribution in [0.2, 0.25) is 0 Å². The van der Waals surface area contributed by atoms with Gasteiger partial charge in [-0.2, -0.15) is 13.2 Å². The number of anilines is 2. The zero-order valence-corrected chi connectivity index (χ0v) is 17.8. The van der Waals surface area contributed by atoms with Crippen molar-refractivity contribution in [1.82, 2.24) is 10.5 Å². The molecule has 2 aromatic carbocycles. The first kappa shape index (κ1) is 24.1. The number of carbonyl (C=O) groups excluding carboxylic acids is 2. The molecule has 0 aliphatic rings. The molecule has 33 heavy (non-hydrogen) atoms. The summed E-state index contributed by atoms with van der Waals surface area (Å²) in [5.41, 5.74) is 2.32. The van der Waals surface area contributed by atoms with Crippen molar-refractivity contribution in [2.24, 2.45) is 0 Å². The molecule has 0 aliphatic heterocycles. The highest BCUT2D eigenvalue weighted by Crippen LogP contribution is 2.31. The van der Waals surface area contributed by atoms with Crippen LogP contribution in [0.5, 0.6) is 0 Å². The molecule has 176 valence electrons. The Balaban J connectivity index is 1.71. The lowest BCUT2D eigenvalue weighted by Crippen LogP contribution is -2.36. The number of fused-ring (bicyclic) bond motifs is 1. The smallest absolute Gasteiger partial charge is 0.361 e. The molecule has 0 atom stereocenters. The summed E-state index contributed by atoms with van der Waals surface area (Å²) in [5, 5.41) is 12.0. The van der Waals surface area contributed by atoms with Crippen LogP contribution >= 0.6 is 0 Å². The van der Waals surface area contributed by atoms with Gasteiger partial charge in [-0.3, -0.25) is 14.9 Å². The van der Waals surface area contributed by atoms with E-state index in [0.717, 1.165) is 35.9 Å². The minimum absolute atomic E-state index is 0.0533. The highest BCUT2D eigenvalue weighted by molar-refractivity contribution is 6.03. The van der Waals surface area contributed by atoms with Crippen LogP contribution < -0.4 is 15.7 Å². The quantitative estimate of drug-likeness (QED) is 0.187. The maximum absolute atomic E-state index is 13.0. The van der Waals surface area contributed by atoms with E-state index in [1.54, 1.807) is 17.7 Å². The first-order chi connectivity index (χ1) is 15.8. The molecule has 0 radical (unpaired) electrons. The molecule has 1 aromatic heterocycles. The number of halogens is 3. The first-order valence-electron chi connectivity index (χ1n) is 10.5. The number of amides is 3. The van der Waals surface area contributed by atoms with Crippen LogP contribution in [0, 0.1) is 0 Å². The SMILES string of the molecule is O=C(CCCCCCN(C(=O)Nc1cccc(C(F)(F)F)c1)c1ccc2[nH]ccc2c1)NO. The van der Waals surface area contributed by atoms with Gasteiger partial charge in [-0.1, -0.05) is 18.9 Å². The number of aromatic amines is 1. The highest BCUT2D eigenvalue weighted by atomic mass is 19.4. The molecular formula is C23H25F3N4O3. The van der Waals surface area contributed by atoms with E-state index in [1.165, 1.54) is 17.0 Å². The number of nitrogens with one attached hydrogen (secondary N) is 3. The van der Waals surface area contributed by atoms with Gasteiger partial charge in [0.05, 0.1) is 5.56 Å². The molecule has 0 spiro atoms. The first-order valence-corrected chi connectivity index (χ1v) is 10.5. The lowest BCUT2D eigenvalue weighted by atomic mass is 10.1. The zero-order chi connectivity index (χ0) is 23.8. The Morgan fingerprint density at radius 1 is 1.00 bits per heavy atom. The van der Waals surface area contributed by atoms with Gasteiger partial charge in [0.1, 0.15) is 0 Å². The van der Waals surface area contributed by atoms with E-state index in [9.17, 15) is 22.8 Å². The minimum atomic E-state index is -4.51. The summed E-state index contributed by atoms with van der Waals surface area (Å²) in [7, 11) is 0. The number of H-pyrrole nitrogens is 1. The summed E-state index contributed by atoms with van der Waals surface area (Å²) in [5.74, 6) is -0.447. The van der Waals surface area contributed by atoms with Crippen molar-refractivity contribution in [2.75, 3.05) is 16.8 Å². The number of nitrogens with zero attached hydrogens (tertiary/aromatic N) is 1. The molecule has 0 saturated carbocycles. The number of benzene rings is 2. The Labute approximate surface area is 188 Å². The van der Waals surface area contributed by atoms with Crippen LogP contribution in [0.4, 0.5) is 29.3 Å². The molecule has 7 nitrogen and oxygen atoms in total. The van der Waals surface area contributed by atoms with E-state index in [-0.39, 0.29) is 12.1 Å². The van der Waals surface area contributed by atoms with Crippen LogP contribution in [-0.4, -0.2) is 28.7 Å². The average Bonchev–Trinajstić information content (AvgIpc) is 3.25. The van der Waals surface area contributed by atoms with Crippen molar-refractivity contribution in [3.63, 3.8) is 0 Å². The number of rotatable bonds is 9. The van der Waals surface area contributed by atoms with Gasteiger partial charge in [0.2, 0.25) is 5.91 Å². The fraction of sp³-hybridized carbons (Fsp3) is 0.304. The van der Waals surface area contributed by atoms with Gasteiger partial charge in [0.25, 0.3) is 0 Å². The summed E-state index contributed by atoms with van der Waals surface area (Å²) in [6, 6.07) is 11.3. The Bertz CT molecular complexity index is 1100. The maximum Gasteiger partial charge on any atom is 0.416 e. The Kier molecular flexibility index (Phi) is 7.94.